The van der Waals surface area contributed by atoms with Crippen LogP contribution in [0.25, 0.3) is 0 Å². The second-order valence-corrected chi connectivity index (χ2v) is 5.17. The van der Waals surface area contributed by atoms with Crippen LogP contribution in [0.1, 0.15) is 28.3 Å². The standard InChI is InChI=1S/C17H16N2O2/c20-16(13-9-5-2-6-10-13)18-19-17(21)15-11-14(15)12-7-3-1-4-8-12/h1-10,14-15H,11H2,(H,18,20)(H,19,21). The topological polar surface area (TPSA) is 58.2 Å². The largest absolute Gasteiger partial charge is 0.273 e. The van der Waals surface area contributed by atoms with Gasteiger partial charge in [0.05, 0.1) is 0 Å². The number of amides is 2. The molecule has 1 aliphatic carbocycles. The summed E-state index contributed by atoms with van der Waals surface area (Å²) in [5, 5.41) is 0. The van der Waals surface area contributed by atoms with E-state index in [2.05, 4.69) is 10.9 Å². The predicted molar refractivity (Wildman–Crippen MR) is 79.3 cm³/mol. The molecule has 0 saturated heterocycles. The van der Waals surface area contributed by atoms with Crippen LogP contribution < -0.4 is 10.9 Å². The van der Waals surface area contributed by atoms with Crippen molar-refractivity contribution in [2.24, 2.45) is 5.92 Å². The van der Waals surface area contributed by atoms with Crippen molar-refractivity contribution >= 4 is 11.8 Å². The van der Waals surface area contributed by atoms with Gasteiger partial charge in [-0.1, -0.05) is 48.5 Å². The second-order valence-electron chi connectivity index (χ2n) is 5.17. The van der Waals surface area contributed by atoms with Crippen LogP contribution in [-0.4, -0.2) is 11.8 Å². The summed E-state index contributed by atoms with van der Waals surface area (Å²) in [6, 6.07) is 18.8. The predicted octanol–water partition coefficient (Wildman–Crippen LogP) is 2.25. The molecule has 1 aliphatic rings. The minimum absolute atomic E-state index is 0.0523. The van der Waals surface area contributed by atoms with Gasteiger partial charge in [0.1, 0.15) is 0 Å². The highest BCUT2D eigenvalue weighted by Gasteiger charge is 2.43. The molecule has 0 spiro atoms. The van der Waals surface area contributed by atoms with Crippen LogP contribution in [-0.2, 0) is 4.79 Å². The molecular formula is C17H16N2O2. The third kappa shape index (κ3) is 3.11. The average Bonchev–Trinajstić information content (AvgIpc) is 3.35. The second kappa shape index (κ2) is 5.79. The van der Waals surface area contributed by atoms with Gasteiger partial charge in [-0.05, 0) is 30.0 Å². The van der Waals surface area contributed by atoms with Gasteiger partial charge in [0.2, 0.25) is 5.91 Å². The first kappa shape index (κ1) is 13.4. The van der Waals surface area contributed by atoms with Crippen LogP contribution in [0.5, 0.6) is 0 Å². The van der Waals surface area contributed by atoms with Gasteiger partial charge in [-0.25, -0.2) is 0 Å². The van der Waals surface area contributed by atoms with E-state index in [1.165, 1.54) is 5.56 Å². The Morgan fingerprint density at radius 2 is 1.48 bits per heavy atom. The Labute approximate surface area is 123 Å². The van der Waals surface area contributed by atoms with E-state index in [0.29, 0.717) is 5.56 Å². The minimum atomic E-state index is -0.305. The number of carbonyl (C=O) groups is 2. The number of hydrogen-bond acceptors (Lipinski definition) is 2. The van der Waals surface area contributed by atoms with E-state index >= 15 is 0 Å². The maximum Gasteiger partial charge on any atom is 0.269 e. The molecule has 2 amide bonds. The Balaban J connectivity index is 1.51. The lowest BCUT2D eigenvalue weighted by Crippen LogP contribution is -2.42. The molecule has 106 valence electrons. The van der Waals surface area contributed by atoms with Crippen LogP contribution in [0.4, 0.5) is 0 Å². The number of hydrogen-bond donors (Lipinski definition) is 2. The summed E-state index contributed by atoms with van der Waals surface area (Å²) < 4.78 is 0. The fraction of sp³-hybridized carbons (Fsp3) is 0.176. The van der Waals surface area contributed by atoms with E-state index in [1.807, 2.05) is 36.4 Å². The lowest BCUT2D eigenvalue weighted by atomic mass is 10.1. The maximum absolute atomic E-state index is 12.0. The highest BCUT2D eigenvalue weighted by molar-refractivity contribution is 5.95. The van der Waals surface area contributed by atoms with Gasteiger partial charge < -0.3 is 0 Å². The van der Waals surface area contributed by atoms with Crippen molar-refractivity contribution in [1.82, 2.24) is 10.9 Å². The Hall–Kier alpha value is -2.62. The normalized spacial score (nSPS) is 19.6. The third-order valence-corrected chi connectivity index (χ3v) is 3.69. The molecule has 3 rings (SSSR count). The Kier molecular flexibility index (Phi) is 3.69. The van der Waals surface area contributed by atoms with Gasteiger partial charge in [0, 0.05) is 11.5 Å². The quantitative estimate of drug-likeness (QED) is 0.847. The molecule has 2 N–H and O–H groups in total. The molecule has 4 nitrogen and oxygen atoms in total. The van der Waals surface area contributed by atoms with Crippen molar-refractivity contribution in [3.05, 3.63) is 71.8 Å². The van der Waals surface area contributed by atoms with E-state index in [1.54, 1.807) is 24.3 Å². The number of carbonyl (C=O) groups excluding carboxylic acids is 2. The molecule has 2 aromatic rings. The van der Waals surface area contributed by atoms with Crippen LogP contribution in [0, 0.1) is 5.92 Å². The Morgan fingerprint density at radius 1 is 0.857 bits per heavy atom. The van der Waals surface area contributed by atoms with Gasteiger partial charge in [-0.15, -0.1) is 0 Å². The fourth-order valence-electron chi connectivity index (χ4n) is 2.43. The summed E-state index contributed by atoms with van der Waals surface area (Å²) in [6.45, 7) is 0. The zero-order chi connectivity index (χ0) is 14.7. The smallest absolute Gasteiger partial charge is 0.269 e. The van der Waals surface area contributed by atoms with E-state index in [4.69, 9.17) is 0 Å². The van der Waals surface area contributed by atoms with E-state index in [9.17, 15) is 9.59 Å². The number of nitrogens with one attached hydrogen (secondary N) is 2. The SMILES string of the molecule is O=C(NNC(=O)C1CC1c1ccccc1)c1ccccc1. The molecule has 0 bridgehead atoms. The molecule has 0 aromatic heterocycles. The van der Waals surface area contributed by atoms with Crippen molar-refractivity contribution in [3.8, 4) is 0 Å². The monoisotopic (exact) mass is 280 g/mol. The fourth-order valence-corrected chi connectivity index (χ4v) is 2.43. The lowest BCUT2D eigenvalue weighted by Gasteiger charge is -2.07. The van der Waals surface area contributed by atoms with Crippen molar-refractivity contribution < 1.29 is 9.59 Å². The highest BCUT2D eigenvalue weighted by Crippen LogP contribution is 2.47. The van der Waals surface area contributed by atoms with Gasteiger partial charge in [0.25, 0.3) is 5.91 Å². The highest BCUT2D eigenvalue weighted by atomic mass is 16.2. The van der Waals surface area contributed by atoms with Crippen molar-refractivity contribution in [3.63, 3.8) is 0 Å². The number of rotatable bonds is 3. The lowest BCUT2D eigenvalue weighted by molar-refractivity contribution is -0.123. The van der Waals surface area contributed by atoms with Crippen molar-refractivity contribution in [2.45, 2.75) is 12.3 Å². The minimum Gasteiger partial charge on any atom is -0.273 e. The summed E-state index contributed by atoms with van der Waals surface area (Å²) in [5.41, 5.74) is 6.65. The summed E-state index contributed by atoms with van der Waals surface area (Å²) in [6.07, 6.45) is 0.830. The average molecular weight is 280 g/mol. The molecule has 0 heterocycles. The van der Waals surface area contributed by atoms with Gasteiger partial charge in [-0.2, -0.15) is 0 Å². The van der Waals surface area contributed by atoms with E-state index in [-0.39, 0.29) is 23.7 Å². The first-order valence-electron chi connectivity index (χ1n) is 6.96. The maximum atomic E-state index is 12.0. The Morgan fingerprint density at radius 3 is 2.14 bits per heavy atom. The number of hydrazine groups is 1. The zero-order valence-corrected chi connectivity index (χ0v) is 11.5. The van der Waals surface area contributed by atoms with Gasteiger partial charge in [0.15, 0.2) is 0 Å². The molecule has 1 saturated carbocycles. The summed E-state index contributed by atoms with van der Waals surface area (Å²) in [7, 11) is 0. The van der Waals surface area contributed by atoms with E-state index < -0.39 is 0 Å². The molecule has 2 aromatic carbocycles. The summed E-state index contributed by atoms with van der Waals surface area (Å²) in [4.78, 5) is 23.8. The van der Waals surface area contributed by atoms with Crippen molar-refractivity contribution in [1.29, 1.82) is 0 Å². The van der Waals surface area contributed by atoms with Crippen LogP contribution in [0.3, 0.4) is 0 Å². The first-order chi connectivity index (χ1) is 10.3. The molecule has 1 fully saturated rings. The van der Waals surface area contributed by atoms with Gasteiger partial charge >= 0.3 is 0 Å². The molecule has 0 radical (unpaired) electrons. The molecular weight excluding hydrogens is 264 g/mol. The molecule has 21 heavy (non-hydrogen) atoms. The van der Waals surface area contributed by atoms with Crippen LogP contribution >= 0.6 is 0 Å². The third-order valence-electron chi connectivity index (χ3n) is 3.69. The number of benzene rings is 2. The summed E-state index contributed by atoms with van der Waals surface area (Å²) >= 11 is 0. The Bertz CT molecular complexity index is 640. The molecule has 0 aliphatic heterocycles. The molecule has 4 heteroatoms. The van der Waals surface area contributed by atoms with Crippen LogP contribution in [0.2, 0.25) is 0 Å². The molecule has 2 atom stereocenters. The van der Waals surface area contributed by atoms with Gasteiger partial charge in [-0.3, -0.25) is 20.4 Å². The van der Waals surface area contributed by atoms with Crippen LogP contribution in [0.15, 0.2) is 60.7 Å². The van der Waals surface area contributed by atoms with Crippen molar-refractivity contribution in [2.75, 3.05) is 0 Å². The molecule has 2 unspecified atom stereocenters. The zero-order valence-electron chi connectivity index (χ0n) is 11.5. The van der Waals surface area contributed by atoms with E-state index in [0.717, 1.165) is 6.42 Å². The first-order valence-corrected chi connectivity index (χ1v) is 6.96. The summed E-state index contributed by atoms with van der Waals surface area (Å²) in [5.74, 6) is -0.225.